The van der Waals surface area contributed by atoms with Gasteiger partial charge in [0.05, 0.1) is 25.3 Å². The first-order chi connectivity index (χ1) is 22.2. The van der Waals surface area contributed by atoms with Gasteiger partial charge in [-0.05, 0) is 79.6 Å². The Labute approximate surface area is 258 Å². The molecule has 2 aromatic heterocycles. The Kier molecular flexibility index (Phi) is 6.45. The summed E-state index contributed by atoms with van der Waals surface area (Å²) >= 11 is 0. The molecular weight excluding hydrogens is 592 g/mol. The van der Waals surface area contributed by atoms with Crippen molar-refractivity contribution >= 4 is 11.4 Å². The molecule has 216 valence electrons. The SMILES string of the molecule is [C-]#[N+]/C(C#N)=c1/c2c(/c(=C(\C#N)[N+]#[C-])c3c1-c1ccc(-c4cc(F)nc(F)c4)cc1C3)-c1ccc(-c3cc(F)nc(F)c3)cc1C2. The van der Waals surface area contributed by atoms with Crippen LogP contribution in [-0.4, -0.2) is 9.97 Å². The van der Waals surface area contributed by atoms with Crippen molar-refractivity contribution in [2.45, 2.75) is 12.8 Å². The van der Waals surface area contributed by atoms with Gasteiger partial charge in [0.2, 0.25) is 23.8 Å². The van der Waals surface area contributed by atoms with Gasteiger partial charge < -0.3 is 0 Å². The van der Waals surface area contributed by atoms with Gasteiger partial charge in [-0.1, -0.05) is 36.4 Å². The monoisotopic (exact) mass is 606 g/mol. The third kappa shape index (κ3) is 4.29. The van der Waals surface area contributed by atoms with Gasteiger partial charge in [0.15, 0.2) is 0 Å². The molecule has 0 amide bonds. The van der Waals surface area contributed by atoms with E-state index in [-0.39, 0.29) is 35.4 Å². The zero-order chi connectivity index (χ0) is 32.3. The number of hydrogen-bond donors (Lipinski definition) is 0. The quantitative estimate of drug-likeness (QED) is 0.126. The van der Waals surface area contributed by atoms with Crippen LogP contribution >= 0.6 is 0 Å². The minimum absolute atomic E-state index is 0.179. The van der Waals surface area contributed by atoms with Crippen LogP contribution in [0.4, 0.5) is 17.6 Å². The van der Waals surface area contributed by atoms with Crippen LogP contribution in [-0.2, 0) is 12.8 Å². The van der Waals surface area contributed by atoms with E-state index in [0.29, 0.717) is 54.9 Å². The summed E-state index contributed by atoms with van der Waals surface area (Å²) in [6.45, 7) is 15.7. The van der Waals surface area contributed by atoms with Crippen molar-refractivity contribution in [3.63, 3.8) is 0 Å². The van der Waals surface area contributed by atoms with Crippen LogP contribution in [0.2, 0.25) is 0 Å². The summed E-state index contributed by atoms with van der Waals surface area (Å²) in [5, 5.41) is 21.0. The predicted molar refractivity (Wildman–Crippen MR) is 160 cm³/mol. The third-order valence-electron chi connectivity index (χ3n) is 8.29. The first-order valence-electron chi connectivity index (χ1n) is 13.7. The van der Waals surface area contributed by atoms with Crippen molar-refractivity contribution in [2.24, 2.45) is 0 Å². The lowest BCUT2D eigenvalue weighted by Crippen LogP contribution is -2.25. The molecule has 0 saturated heterocycles. The van der Waals surface area contributed by atoms with Gasteiger partial charge in [0, 0.05) is 34.7 Å². The van der Waals surface area contributed by atoms with Gasteiger partial charge in [0.25, 0.3) is 11.4 Å². The Balaban J connectivity index is 1.54. The normalized spacial score (nSPS) is 13.2. The molecular formula is C36H14F4N6. The Morgan fingerprint density at radius 1 is 0.587 bits per heavy atom. The highest BCUT2D eigenvalue weighted by Gasteiger charge is 2.32. The molecule has 0 radical (unpaired) electrons. The van der Waals surface area contributed by atoms with E-state index in [1.54, 1.807) is 36.4 Å². The van der Waals surface area contributed by atoms with E-state index in [1.165, 1.54) is 0 Å². The van der Waals surface area contributed by atoms with Crippen molar-refractivity contribution in [1.29, 1.82) is 10.5 Å². The van der Waals surface area contributed by atoms with Crippen molar-refractivity contribution in [1.82, 2.24) is 9.97 Å². The lowest BCUT2D eigenvalue weighted by atomic mass is 9.90. The van der Waals surface area contributed by atoms with Crippen LogP contribution < -0.4 is 10.4 Å². The third-order valence-corrected chi connectivity index (χ3v) is 8.29. The molecule has 0 spiro atoms. The number of hydrogen-bond acceptors (Lipinski definition) is 4. The molecule has 2 aliphatic rings. The molecule has 46 heavy (non-hydrogen) atoms. The molecule has 0 saturated carbocycles. The minimum Gasteiger partial charge on any atom is -0.226 e. The van der Waals surface area contributed by atoms with Crippen LogP contribution in [0, 0.1) is 59.6 Å². The summed E-state index contributed by atoms with van der Waals surface area (Å²) in [6.07, 6.45) is 0.426. The minimum atomic E-state index is -0.976. The van der Waals surface area contributed by atoms with Gasteiger partial charge in [-0.25, -0.2) is 20.2 Å². The van der Waals surface area contributed by atoms with Crippen LogP contribution in [0.1, 0.15) is 22.3 Å². The molecule has 0 atom stereocenters. The van der Waals surface area contributed by atoms with Crippen LogP contribution in [0.3, 0.4) is 0 Å². The van der Waals surface area contributed by atoms with Crippen molar-refractivity contribution in [3.8, 4) is 56.6 Å². The summed E-state index contributed by atoms with van der Waals surface area (Å²) < 4.78 is 55.8. The number of nitrogens with zero attached hydrogens (tertiary/aromatic N) is 6. The molecule has 6 nitrogen and oxygen atoms in total. The molecule has 10 heteroatoms. The molecule has 2 heterocycles. The fourth-order valence-corrected chi connectivity index (χ4v) is 6.57. The highest BCUT2D eigenvalue weighted by molar-refractivity contribution is 5.93. The summed E-state index contributed by atoms with van der Waals surface area (Å²) in [4.78, 5) is 13.4. The standard InChI is InChI=1S/C36H14F4N6/c1-43-27(15-41)35-25-9-21-7-18(20-13-31(39)46-32(40)14-20)4-6-24(21)34(25)36(28(16-42)44-2)26-10-22-8-17(3-5-23(22)33(26)35)19-11-29(37)45-30(38)12-19/h3-8,11-14H,9-10H2/b35-27-,36-28+. The number of fused-ring (bicyclic) bond motifs is 6. The summed E-state index contributed by atoms with van der Waals surface area (Å²) in [7, 11) is 0. The number of halogens is 4. The average Bonchev–Trinajstić information content (AvgIpc) is 3.60. The van der Waals surface area contributed by atoms with Gasteiger partial charge in [0.1, 0.15) is 0 Å². The smallest absolute Gasteiger partial charge is 0.226 e. The van der Waals surface area contributed by atoms with Gasteiger partial charge in [-0.3, -0.25) is 0 Å². The molecule has 7 rings (SSSR count). The molecule has 0 aliphatic heterocycles. The lowest BCUT2D eigenvalue weighted by molar-refractivity contribution is 0.512. The van der Waals surface area contributed by atoms with Crippen LogP contribution in [0.15, 0.2) is 60.7 Å². The Hall–Kier alpha value is -6.62. The molecule has 0 bridgehead atoms. The number of benzene rings is 3. The fourth-order valence-electron chi connectivity index (χ4n) is 6.57. The Morgan fingerprint density at radius 3 is 1.28 bits per heavy atom. The molecule has 3 aromatic carbocycles. The largest absolute Gasteiger partial charge is 0.269 e. The summed E-state index contributed by atoms with van der Waals surface area (Å²) in [5.74, 6) is -3.90. The number of pyridine rings is 2. The highest BCUT2D eigenvalue weighted by atomic mass is 19.1. The van der Waals surface area contributed by atoms with Gasteiger partial charge >= 0.3 is 0 Å². The van der Waals surface area contributed by atoms with Crippen molar-refractivity contribution in [2.75, 3.05) is 0 Å². The molecule has 2 aliphatic carbocycles. The van der Waals surface area contributed by atoms with E-state index >= 15 is 0 Å². The van der Waals surface area contributed by atoms with Crippen LogP contribution in [0.5, 0.6) is 0 Å². The number of nitriles is 2. The highest BCUT2D eigenvalue weighted by Crippen LogP contribution is 2.42. The fraction of sp³-hybridized carbons (Fsp3) is 0.0556. The van der Waals surface area contributed by atoms with Crippen molar-refractivity contribution in [3.05, 3.63) is 140 Å². The van der Waals surface area contributed by atoms with Gasteiger partial charge in [-0.2, -0.15) is 27.5 Å². The van der Waals surface area contributed by atoms with E-state index in [0.717, 1.165) is 35.4 Å². The zero-order valence-electron chi connectivity index (χ0n) is 23.4. The maximum Gasteiger partial charge on any atom is 0.269 e. The molecule has 0 unspecified atom stereocenters. The number of aromatic nitrogens is 2. The van der Waals surface area contributed by atoms with Crippen molar-refractivity contribution < 1.29 is 17.6 Å². The van der Waals surface area contributed by atoms with E-state index in [9.17, 15) is 28.1 Å². The van der Waals surface area contributed by atoms with Gasteiger partial charge in [-0.15, -0.1) is 0 Å². The zero-order valence-corrected chi connectivity index (χ0v) is 23.4. The first kappa shape index (κ1) is 28.2. The molecule has 0 fully saturated rings. The second-order valence-corrected chi connectivity index (χ2v) is 10.7. The second-order valence-electron chi connectivity index (χ2n) is 10.7. The second kappa shape index (κ2) is 10.5. The lowest BCUT2D eigenvalue weighted by Gasteiger charge is -2.13. The maximum absolute atomic E-state index is 13.9. The molecule has 5 aromatic rings. The van der Waals surface area contributed by atoms with E-state index in [4.69, 9.17) is 13.1 Å². The van der Waals surface area contributed by atoms with E-state index < -0.39 is 23.8 Å². The summed E-state index contributed by atoms with van der Waals surface area (Å²) in [5.41, 5.74) is 6.18. The topological polar surface area (TPSA) is 82.1 Å². The summed E-state index contributed by atoms with van der Waals surface area (Å²) in [6, 6.07) is 18.8. The van der Waals surface area contributed by atoms with Crippen LogP contribution in [0.25, 0.3) is 65.6 Å². The Morgan fingerprint density at radius 2 is 0.957 bits per heavy atom. The predicted octanol–water partition coefficient (Wildman–Crippen LogP) is 6.61. The number of rotatable bonds is 2. The Bertz CT molecular complexity index is 2280. The first-order valence-corrected chi connectivity index (χ1v) is 13.7. The maximum atomic E-state index is 13.9. The molecule has 0 N–H and O–H groups in total. The van der Waals surface area contributed by atoms with E-state index in [1.807, 2.05) is 12.1 Å². The van der Waals surface area contributed by atoms with E-state index in [2.05, 4.69) is 19.7 Å². The average molecular weight is 607 g/mol.